The Bertz CT molecular complexity index is 910. The van der Waals surface area contributed by atoms with Crippen molar-refractivity contribution in [3.63, 3.8) is 0 Å². The van der Waals surface area contributed by atoms with E-state index in [4.69, 9.17) is 4.74 Å². The summed E-state index contributed by atoms with van der Waals surface area (Å²) in [6, 6.07) is 13.6. The van der Waals surface area contributed by atoms with Gasteiger partial charge in [-0.25, -0.2) is 13.1 Å². The topological polar surface area (TPSA) is 75.7 Å². The summed E-state index contributed by atoms with van der Waals surface area (Å²) in [6.45, 7) is 4.60. The molecule has 1 aliphatic heterocycles. The fourth-order valence-electron chi connectivity index (χ4n) is 3.03. The van der Waals surface area contributed by atoms with Crippen molar-refractivity contribution in [2.75, 3.05) is 18.1 Å². The van der Waals surface area contributed by atoms with Crippen LogP contribution in [0.1, 0.15) is 25.3 Å². The van der Waals surface area contributed by atoms with Gasteiger partial charge in [-0.1, -0.05) is 18.2 Å². The number of hydrogen-bond acceptors (Lipinski definition) is 4. The normalized spacial score (nSPS) is 15.8. The Kier molecular flexibility index (Phi) is 5.82. The molecule has 1 N–H and O–H groups in total. The number of rotatable bonds is 7. The number of hydrogen-bond donors (Lipinski definition) is 1. The molecule has 0 aliphatic carbocycles. The monoisotopic (exact) mass is 388 g/mol. The van der Waals surface area contributed by atoms with Gasteiger partial charge in [0.05, 0.1) is 10.9 Å². The average molecular weight is 388 g/mol. The van der Waals surface area contributed by atoms with Gasteiger partial charge in [0.1, 0.15) is 12.4 Å². The van der Waals surface area contributed by atoms with Crippen LogP contribution in [-0.2, 0) is 14.8 Å². The van der Waals surface area contributed by atoms with E-state index in [9.17, 15) is 13.2 Å². The Labute approximate surface area is 160 Å². The quantitative estimate of drug-likeness (QED) is 0.791. The lowest BCUT2D eigenvalue weighted by atomic mass is 10.2. The van der Waals surface area contributed by atoms with Crippen LogP contribution in [0.5, 0.6) is 5.75 Å². The number of sulfonamides is 1. The van der Waals surface area contributed by atoms with Crippen LogP contribution in [0.4, 0.5) is 5.69 Å². The summed E-state index contributed by atoms with van der Waals surface area (Å²) >= 11 is 0. The molecule has 0 aromatic heterocycles. The maximum Gasteiger partial charge on any atom is 0.240 e. The van der Waals surface area contributed by atoms with Crippen LogP contribution in [0.25, 0.3) is 0 Å². The molecule has 0 unspecified atom stereocenters. The zero-order valence-electron chi connectivity index (χ0n) is 15.5. The summed E-state index contributed by atoms with van der Waals surface area (Å²) in [5.41, 5.74) is 1.73. The van der Waals surface area contributed by atoms with Gasteiger partial charge in [-0.15, -0.1) is 0 Å². The fourth-order valence-corrected chi connectivity index (χ4v) is 4.25. The maximum atomic E-state index is 12.6. The van der Waals surface area contributed by atoms with Crippen molar-refractivity contribution < 1.29 is 17.9 Å². The Morgan fingerprint density at radius 2 is 1.85 bits per heavy atom. The number of ether oxygens (including phenoxy) is 1. The van der Waals surface area contributed by atoms with Crippen molar-refractivity contribution in [2.45, 2.75) is 37.6 Å². The summed E-state index contributed by atoms with van der Waals surface area (Å²) in [6.07, 6.45) is 1.37. The highest BCUT2D eigenvalue weighted by Gasteiger charge is 2.23. The summed E-state index contributed by atoms with van der Waals surface area (Å²) in [5.74, 6) is 0.814. The smallest absolute Gasteiger partial charge is 0.240 e. The molecule has 1 fully saturated rings. The minimum Gasteiger partial charge on any atom is -0.492 e. The number of anilines is 1. The molecule has 1 saturated heterocycles. The maximum absolute atomic E-state index is 12.6. The molecule has 2 aromatic rings. The van der Waals surface area contributed by atoms with Crippen molar-refractivity contribution in [1.82, 2.24) is 4.72 Å². The van der Waals surface area contributed by atoms with Crippen molar-refractivity contribution in [3.8, 4) is 5.75 Å². The summed E-state index contributed by atoms with van der Waals surface area (Å²) < 4.78 is 33.5. The predicted molar refractivity (Wildman–Crippen MR) is 104 cm³/mol. The van der Waals surface area contributed by atoms with Crippen molar-refractivity contribution >= 4 is 21.6 Å². The average Bonchev–Trinajstić information content (AvgIpc) is 3.07. The van der Waals surface area contributed by atoms with E-state index in [1.165, 1.54) is 12.1 Å². The number of nitrogens with zero attached hydrogens (tertiary/aromatic N) is 1. The third-order valence-electron chi connectivity index (χ3n) is 4.47. The minimum absolute atomic E-state index is 0.0747. The Morgan fingerprint density at radius 1 is 1.15 bits per heavy atom. The molecule has 144 valence electrons. The molecule has 0 spiro atoms. The lowest BCUT2D eigenvalue weighted by Gasteiger charge is -2.18. The van der Waals surface area contributed by atoms with Gasteiger partial charge in [0, 0.05) is 18.7 Å². The first-order valence-electron chi connectivity index (χ1n) is 8.98. The van der Waals surface area contributed by atoms with Crippen LogP contribution in [0.2, 0.25) is 0 Å². The van der Waals surface area contributed by atoms with E-state index < -0.39 is 16.1 Å². The second kappa shape index (κ2) is 8.10. The highest BCUT2D eigenvalue weighted by molar-refractivity contribution is 7.89. The first-order valence-corrected chi connectivity index (χ1v) is 10.5. The molecule has 3 rings (SSSR count). The van der Waals surface area contributed by atoms with Gasteiger partial charge in [-0.2, -0.15) is 0 Å². The molecule has 0 saturated carbocycles. The van der Waals surface area contributed by atoms with Crippen molar-refractivity contribution in [2.24, 2.45) is 0 Å². The van der Waals surface area contributed by atoms with Crippen LogP contribution in [0.3, 0.4) is 0 Å². The van der Waals surface area contributed by atoms with E-state index in [0.717, 1.165) is 23.4 Å². The largest absolute Gasteiger partial charge is 0.492 e. The number of aryl methyl sites for hydroxylation is 1. The lowest BCUT2D eigenvalue weighted by molar-refractivity contribution is -0.117. The standard InChI is InChI=1S/C20H24N2O4S/c1-15-6-3-4-7-19(15)26-14-16(2)21-27(24,25)18-11-9-17(10-12-18)22-13-5-8-20(22)23/h3-4,6-7,9-12,16,21H,5,8,13-14H2,1-2H3/t16-/m0/s1. The van der Waals surface area contributed by atoms with Crippen molar-refractivity contribution in [1.29, 1.82) is 0 Å². The van der Waals surface area contributed by atoms with E-state index >= 15 is 0 Å². The molecule has 27 heavy (non-hydrogen) atoms. The zero-order valence-corrected chi connectivity index (χ0v) is 16.3. The van der Waals surface area contributed by atoms with Gasteiger partial charge < -0.3 is 9.64 Å². The van der Waals surface area contributed by atoms with E-state index in [0.29, 0.717) is 13.0 Å². The molecule has 1 aliphatic rings. The van der Waals surface area contributed by atoms with E-state index in [2.05, 4.69) is 4.72 Å². The molecular weight excluding hydrogens is 364 g/mol. The van der Waals surface area contributed by atoms with Crippen LogP contribution >= 0.6 is 0 Å². The third kappa shape index (κ3) is 4.67. The zero-order chi connectivity index (χ0) is 19.4. The minimum atomic E-state index is -3.66. The number of carbonyl (C=O) groups excluding carboxylic acids is 1. The van der Waals surface area contributed by atoms with Crippen LogP contribution in [0, 0.1) is 6.92 Å². The van der Waals surface area contributed by atoms with E-state index in [1.54, 1.807) is 24.0 Å². The number of nitrogens with one attached hydrogen (secondary N) is 1. The number of amides is 1. The van der Waals surface area contributed by atoms with Gasteiger partial charge in [0.25, 0.3) is 0 Å². The highest BCUT2D eigenvalue weighted by Crippen LogP contribution is 2.23. The molecule has 0 bridgehead atoms. The Balaban J connectivity index is 1.62. The number of benzene rings is 2. The molecule has 1 amide bonds. The molecule has 1 atom stereocenters. The summed E-state index contributed by atoms with van der Waals surface area (Å²) in [5, 5.41) is 0. The van der Waals surface area contributed by atoms with Gasteiger partial charge in [0.15, 0.2) is 0 Å². The number of carbonyl (C=O) groups is 1. The highest BCUT2D eigenvalue weighted by atomic mass is 32.2. The Hall–Kier alpha value is -2.38. The van der Waals surface area contributed by atoms with Gasteiger partial charge in [-0.3, -0.25) is 4.79 Å². The number of para-hydroxylation sites is 1. The van der Waals surface area contributed by atoms with Crippen molar-refractivity contribution in [3.05, 3.63) is 54.1 Å². The van der Waals surface area contributed by atoms with Crippen LogP contribution < -0.4 is 14.4 Å². The Morgan fingerprint density at radius 3 is 2.48 bits per heavy atom. The summed E-state index contributed by atoms with van der Waals surface area (Å²) in [4.78, 5) is 13.6. The van der Waals surface area contributed by atoms with Gasteiger partial charge >= 0.3 is 0 Å². The fraction of sp³-hybridized carbons (Fsp3) is 0.350. The molecule has 2 aromatic carbocycles. The summed E-state index contributed by atoms with van der Waals surface area (Å²) in [7, 11) is -3.66. The molecule has 7 heteroatoms. The van der Waals surface area contributed by atoms with Gasteiger partial charge in [-0.05, 0) is 56.2 Å². The van der Waals surface area contributed by atoms with E-state index in [1.807, 2.05) is 31.2 Å². The predicted octanol–water partition coefficient (Wildman–Crippen LogP) is 2.87. The SMILES string of the molecule is Cc1ccccc1OC[C@H](C)NS(=O)(=O)c1ccc(N2CCCC2=O)cc1. The lowest BCUT2D eigenvalue weighted by Crippen LogP contribution is -2.36. The van der Waals surface area contributed by atoms with E-state index in [-0.39, 0.29) is 17.4 Å². The first kappa shape index (κ1) is 19.4. The molecule has 6 nitrogen and oxygen atoms in total. The second-order valence-corrected chi connectivity index (χ2v) is 8.46. The molecule has 0 radical (unpaired) electrons. The molecular formula is C20H24N2O4S. The third-order valence-corrected chi connectivity index (χ3v) is 6.08. The van der Waals surface area contributed by atoms with Crippen LogP contribution in [0.15, 0.2) is 53.4 Å². The molecule has 1 heterocycles. The van der Waals surface area contributed by atoms with Crippen LogP contribution in [-0.4, -0.2) is 33.5 Å². The first-order chi connectivity index (χ1) is 12.9. The van der Waals surface area contributed by atoms with Gasteiger partial charge in [0.2, 0.25) is 15.9 Å². The second-order valence-electron chi connectivity index (χ2n) is 6.74.